The summed E-state index contributed by atoms with van der Waals surface area (Å²) in [5, 5.41) is 9.17. The summed E-state index contributed by atoms with van der Waals surface area (Å²) in [5.74, 6) is -2.34. The molecule has 4 rings (SSSR count). The highest BCUT2D eigenvalue weighted by Crippen LogP contribution is 2.33. The van der Waals surface area contributed by atoms with Crippen molar-refractivity contribution >= 4 is 11.9 Å². The maximum atomic E-state index is 13.7. The summed E-state index contributed by atoms with van der Waals surface area (Å²) < 4.78 is 38.3. The molecule has 3 aromatic rings. The van der Waals surface area contributed by atoms with Crippen LogP contribution in [0.25, 0.3) is 11.1 Å². The van der Waals surface area contributed by atoms with E-state index in [1.807, 2.05) is 24.3 Å². The second kappa shape index (κ2) is 10.5. The van der Waals surface area contributed by atoms with Crippen molar-refractivity contribution in [1.29, 1.82) is 0 Å². The van der Waals surface area contributed by atoms with Crippen molar-refractivity contribution in [2.24, 2.45) is 5.92 Å². The lowest BCUT2D eigenvalue weighted by molar-refractivity contribution is -0.145. The molecule has 1 aliphatic carbocycles. The zero-order valence-corrected chi connectivity index (χ0v) is 19.2. The first-order chi connectivity index (χ1) is 16.8. The lowest BCUT2D eigenvalue weighted by Gasteiger charge is -2.21. The molecule has 1 saturated carbocycles. The topological polar surface area (TPSA) is 76.1 Å². The summed E-state index contributed by atoms with van der Waals surface area (Å²) in [7, 11) is 1.39. The van der Waals surface area contributed by atoms with Gasteiger partial charge in [0.05, 0.1) is 7.11 Å². The van der Waals surface area contributed by atoms with E-state index in [2.05, 4.69) is 0 Å². The van der Waals surface area contributed by atoms with Crippen molar-refractivity contribution in [2.75, 3.05) is 13.7 Å². The van der Waals surface area contributed by atoms with Crippen LogP contribution in [0, 0.1) is 17.6 Å². The van der Waals surface area contributed by atoms with Gasteiger partial charge in [0, 0.05) is 24.1 Å². The lowest BCUT2D eigenvalue weighted by atomic mass is 10.0. The Bertz CT molecular complexity index is 1220. The number of ether oxygens (including phenoxy) is 2. The van der Waals surface area contributed by atoms with Crippen molar-refractivity contribution in [3.63, 3.8) is 0 Å². The molecular weight excluding hydrogens is 456 g/mol. The number of benzene rings is 3. The fourth-order valence-corrected chi connectivity index (χ4v) is 3.82. The number of rotatable bonds is 10. The number of carbonyl (C=O) groups is 2. The Morgan fingerprint density at radius 1 is 1.00 bits per heavy atom. The first-order valence-electron chi connectivity index (χ1n) is 11.2. The van der Waals surface area contributed by atoms with E-state index in [0.717, 1.165) is 36.1 Å². The normalized spacial score (nSPS) is 12.8. The first-order valence-corrected chi connectivity index (χ1v) is 11.2. The number of hydrogen-bond donors (Lipinski definition) is 1. The summed E-state index contributed by atoms with van der Waals surface area (Å²) in [6.07, 6.45) is 1.62. The number of methoxy groups -OCH3 is 1. The van der Waals surface area contributed by atoms with Crippen LogP contribution in [0.5, 0.6) is 11.5 Å². The Kier molecular flexibility index (Phi) is 7.29. The second-order valence-electron chi connectivity index (χ2n) is 8.46. The molecule has 0 heterocycles. The maximum absolute atomic E-state index is 13.7. The molecule has 35 heavy (non-hydrogen) atoms. The predicted molar refractivity (Wildman–Crippen MR) is 125 cm³/mol. The van der Waals surface area contributed by atoms with E-state index in [4.69, 9.17) is 14.6 Å². The van der Waals surface area contributed by atoms with Crippen LogP contribution in [0.15, 0.2) is 60.7 Å². The Balaban J connectivity index is 1.41. The molecule has 1 amide bonds. The van der Waals surface area contributed by atoms with Gasteiger partial charge in [-0.05, 0) is 47.7 Å². The standard InChI is InChI=1S/C27H25F2NO5/c1-34-25-13-24(29)23(28)12-22(25)19-7-9-21(10-8-19)35-16-18-4-2-3-17(11-18)14-30(15-26(31)32)27(33)20-5-6-20/h2-4,7-13,20H,5-6,14-16H2,1H3,(H,31,32). The molecule has 8 heteroatoms. The number of halogens is 2. The van der Waals surface area contributed by atoms with E-state index in [0.29, 0.717) is 16.9 Å². The summed E-state index contributed by atoms with van der Waals surface area (Å²) in [4.78, 5) is 25.0. The number of hydrogen-bond acceptors (Lipinski definition) is 4. The van der Waals surface area contributed by atoms with E-state index >= 15 is 0 Å². The number of carbonyl (C=O) groups excluding carboxylic acids is 1. The van der Waals surface area contributed by atoms with Crippen LogP contribution in [-0.2, 0) is 22.7 Å². The van der Waals surface area contributed by atoms with E-state index in [1.165, 1.54) is 12.0 Å². The molecule has 1 fully saturated rings. The Morgan fingerprint density at radius 3 is 2.34 bits per heavy atom. The van der Waals surface area contributed by atoms with Gasteiger partial charge in [-0.3, -0.25) is 9.59 Å². The van der Waals surface area contributed by atoms with Gasteiger partial charge in [-0.15, -0.1) is 0 Å². The molecule has 3 aromatic carbocycles. The average Bonchev–Trinajstić information content (AvgIpc) is 3.69. The molecular formula is C27H25F2NO5. The van der Waals surface area contributed by atoms with Crippen molar-refractivity contribution in [3.05, 3.63) is 83.4 Å². The average molecular weight is 481 g/mol. The van der Waals surface area contributed by atoms with Crippen LogP contribution in [0.2, 0.25) is 0 Å². The van der Waals surface area contributed by atoms with Gasteiger partial charge in [0.15, 0.2) is 11.6 Å². The number of carboxylic acids is 1. The van der Waals surface area contributed by atoms with Gasteiger partial charge in [0.2, 0.25) is 5.91 Å². The van der Waals surface area contributed by atoms with Gasteiger partial charge in [-0.25, -0.2) is 8.78 Å². The lowest BCUT2D eigenvalue weighted by Crippen LogP contribution is -2.36. The molecule has 182 valence electrons. The number of nitrogens with zero attached hydrogens (tertiary/aromatic N) is 1. The van der Waals surface area contributed by atoms with Crippen LogP contribution in [0.4, 0.5) is 8.78 Å². The number of amides is 1. The zero-order chi connectivity index (χ0) is 24.9. The third kappa shape index (κ3) is 6.15. The van der Waals surface area contributed by atoms with Crippen LogP contribution in [0.1, 0.15) is 24.0 Å². The summed E-state index contributed by atoms with van der Waals surface area (Å²) >= 11 is 0. The van der Waals surface area contributed by atoms with Crippen LogP contribution in [0.3, 0.4) is 0 Å². The Hall–Kier alpha value is -3.94. The molecule has 0 unspecified atom stereocenters. The molecule has 0 atom stereocenters. The molecule has 1 aliphatic rings. The number of carboxylic acid groups (broad SMARTS) is 1. The molecule has 0 radical (unpaired) electrons. The highest BCUT2D eigenvalue weighted by atomic mass is 19.2. The van der Waals surface area contributed by atoms with Crippen LogP contribution in [-0.4, -0.2) is 35.5 Å². The summed E-state index contributed by atoms with van der Waals surface area (Å²) in [6.45, 7) is 0.155. The van der Waals surface area contributed by atoms with Crippen molar-refractivity contribution in [3.8, 4) is 22.6 Å². The summed E-state index contributed by atoms with van der Waals surface area (Å²) in [6, 6.07) is 16.5. The van der Waals surface area contributed by atoms with E-state index in [-0.39, 0.29) is 37.3 Å². The van der Waals surface area contributed by atoms with E-state index in [1.54, 1.807) is 24.3 Å². The van der Waals surface area contributed by atoms with Gasteiger partial charge in [0.25, 0.3) is 0 Å². The van der Waals surface area contributed by atoms with Gasteiger partial charge in [-0.2, -0.15) is 0 Å². The van der Waals surface area contributed by atoms with Gasteiger partial charge < -0.3 is 19.5 Å². The molecule has 0 bridgehead atoms. The van der Waals surface area contributed by atoms with Gasteiger partial charge in [0.1, 0.15) is 24.7 Å². The zero-order valence-electron chi connectivity index (χ0n) is 19.2. The first kappa shape index (κ1) is 24.2. The second-order valence-corrected chi connectivity index (χ2v) is 8.46. The Morgan fingerprint density at radius 2 is 1.69 bits per heavy atom. The van der Waals surface area contributed by atoms with Crippen LogP contribution < -0.4 is 9.47 Å². The van der Waals surface area contributed by atoms with Crippen molar-refractivity contribution in [2.45, 2.75) is 26.0 Å². The fourth-order valence-electron chi connectivity index (χ4n) is 3.82. The van der Waals surface area contributed by atoms with Gasteiger partial charge in [-0.1, -0.05) is 36.4 Å². The third-order valence-corrected chi connectivity index (χ3v) is 5.74. The fraction of sp³-hybridized carbons (Fsp3) is 0.259. The summed E-state index contributed by atoms with van der Waals surface area (Å²) in [5.41, 5.74) is 2.76. The van der Waals surface area contributed by atoms with Crippen molar-refractivity contribution in [1.82, 2.24) is 4.90 Å². The minimum atomic E-state index is -1.04. The van der Waals surface area contributed by atoms with E-state index < -0.39 is 17.6 Å². The molecule has 0 spiro atoms. The smallest absolute Gasteiger partial charge is 0.323 e. The monoisotopic (exact) mass is 481 g/mol. The maximum Gasteiger partial charge on any atom is 0.323 e. The molecule has 0 aromatic heterocycles. The predicted octanol–water partition coefficient (Wildman–Crippen LogP) is 5.04. The minimum Gasteiger partial charge on any atom is -0.496 e. The quantitative estimate of drug-likeness (QED) is 0.439. The molecule has 1 N–H and O–H groups in total. The van der Waals surface area contributed by atoms with Crippen molar-refractivity contribution < 1.29 is 33.0 Å². The SMILES string of the molecule is COc1cc(F)c(F)cc1-c1ccc(OCc2cccc(CN(CC(=O)O)C(=O)C3CC3)c2)cc1. The van der Waals surface area contributed by atoms with Gasteiger partial charge >= 0.3 is 5.97 Å². The van der Waals surface area contributed by atoms with E-state index in [9.17, 15) is 18.4 Å². The molecule has 6 nitrogen and oxygen atoms in total. The third-order valence-electron chi connectivity index (χ3n) is 5.74. The Labute approximate surface area is 201 Å². The molecule has 0 aliphatic heterocycles. The largest absolute Gasteiger partial charge is 0.496 e. The number of aliphatic carboxylic acids is 1. The highest BCUT2D eigenvalue weighted by Gasteiger charge is 2.34. The highest BCUT2D eigenvalue weighted by molar-refractivity contribution is 5.84. The minimum absolute atomic E-state index is 0.0600. The van der Waals surface area contributed by atoms with Crippen LogP contribution >= 0.6 is 0 Å². The molecule has 0 saturated heterocycles.